The van der Waals surface area contributed by atoms with Gasteiger partial charge in [-0.3, -0.25) is 4.79 Å². The topological polar surface area (TPSA) is 69.0 Å². The highest BCUT2D eigenvalue weighted by atomic mass is 16.5. The molecule has 0 saturated carbocycles. The van der Waals surface area contributed by atoms with Gasteiger partial charge in [0.1, 0.15) is 0 Å². The normalized spacial score (nSPS) is 8.60. The summed E-state index contributed by atoms with van der Waals surface area (Å²) in [5, 5.41) is 5.04. The molecule has 0 aromatic heterocycles. The molecule has 0 aromatic rings. The zero-order chi connectivity index (χ0) is 8.15. The molecule has 0 rings (SSSR count). The molecule has 0 aromatic carbocycles. The van der Waals surface area contributed by atoms with Crippen molar-refractivity contribution in [1.29, 1.82) is 0 Å². The van der Waals surface area contributed by atoms with Gasteiger partial charge in [0, 0.05) is 6.92 Å². The molecule has 0 heterocycles. The fraction of sp³-hybridized carbons (Fsp3) is 0.500. The van der Waals surface area contributed by atoms with Crippen LogP contribution in [-0.2, 0) is 14.3 Å². The number of carbonyl (C=O) groups excluding carboxylic acids is 2. The molecule has 4 nitrogen and oxygen atoms in total. The van der Waals surface area contributed by atoms with E-state index in [0.717, 1.165) is 0 Å². The van der Waals surface area contributed by atoms with Gasteiger partial charge in [0.15, 0.2) is 0 Å². The molecule has 0 aliphatic heterocycles. The van der Waals surface area contributed by atoms with Gasteiger partial charge >= 0.3 is 11.7 Å². The van der Waals surface area contributed by atoms with E-state index < -0.39 is 11.8 Å². The lowest BCUT2D eigenvalue weighted by molar-refractivity contribution is -0.156. The van der Waals surface area contributed by atoms with Gasteiger partial charge < -0.3 is 4.74 Å². The van der Waals surface area contributed by atoms with E-state index >= 15 is 0 Å². The van der Waals surface area contributed by atoms with Crippen LogP contribution in [0.3, 0.4) is 0 Å². The average molecular weight is 144 g/mol. The zero-order valence-corrected chi connectivity index (χ0v) is 6.01. The molecule has 4 heteroatoms. The van der Waals surface area contributed by atoms with Crippen molar-refractivity contribution in [1.82, 2.24) is 0 Å². The number of Topliss-reactive ketones (excluding diaryl/α,β-unsaturated/α-hetero) is 1. The smallest absolute Gasteiger partial charge is 0.406 e. The summed E-state index contributed by atoms with van der Waals surface area (Å²) in [5.41, 5.74) is -0.346. The Labute approximate surface area is 58.7 Å². The maximum Gasteiger partial charge on any atom is 0.406 e. The summed E-state index contributed by atoms with van der Waals surface area (Å²) in [7, 11) is 0. The highest BCUT2D eigenvalue weighted by Gasteiger charge is 2.20. The first kappa shape index (κ1) is 8.81. The lowest BCUT2D eigenvalue weighted by Crippen LogP contribution is -2.49. The third kappa shape index (κ3) is 2.39. The molecule has 0 atom stereocenters. The summed E-state index contributed by atoms with van der Waals surface area (Å²) in [6.07, 6.45) is 0. The van der Waals surface area contributed by atoms with Gasteiger partial charge in [0.2, 0.25) is 5.78 Å². The highest BCUT2D eigenvalue weighted by molar-refractivity contribution is 6.61. The van der Waals surface area contributed by atoms with E-state index in [1.807, 2.05) is 0 Å². The second-order valence-electron chi connectivity index (χ2n) is 1.69. The second-order valence-corrected chi connectivity index (χ2v) is 1.69. The largest absolute Gasteiger partial charge is 0.458 e. The van der Waals surface area contributed by atoms with E-state index in [1.54, 1.807) is 6.92 Å². The van der Waals surface area contributed by atoms with Gasteiger partial charge in [-0.15, -0.1) is 0 Å². The van der Waals surface area contributed by atoms with Crippen molar-refractivity contribution in [2.24, 2.45) is 0 Å². The van der Waals surface area contributed by atoms with E-state index in [9.17, 15) is 9.59 Å². The van der Waals surface area contributed by atoms with E-state index in [-0.39, 0.29) is 12.3 Å². The Balaban J connectivity index is 3.96. The van der Waals surface area contributed by atoms with Crippen LogP contribution < -0.4 is 5.41 Å². The summed E-state index contributed by atoms with van der Waals surface area (Å²) in [5.74, 6) is -1.20. The van der Waals surface area contributed by atoms with Crippen molar-refractivity contribution in [3.05, 3.63) is 0 Å². The summed E-state index contributed by atoms with van der Waals surface area (Å²) >= 11 is 0. The van der Waals surface area contributed by atoms with Crippen molar-refractivity contribution in [3.8, 4) is 0 Å². The molecule has 2 N–H and O–H groups in total. The Morgan fingerprint density at radius 3 is 2.30 bits per heavy atom. The highest BCUT2D eigenvalue weighted by Crippen LogP contribution is 1.79. The minimum atomic E-state index is -0.741. The number of hydrogen-bond acceptors (Lipinski definition) is 3. The van der Waals surface area contributed by atoms with Crippen molar-refractivity contribution >= 4 is 17.5 Å². The van der Waals surface area contributed by atoms with Crippen LogP contribution in [-0.4, -0.2) is 24.1 Å². The van der Waals surface area contributed by atoms with E-state index in [4.69, 9.17) is 5.41 Å². The van der Waals surface area contributed by atoms with Crippen LogP contribution in [0.15, 0.2) is 0 Å². The monoisotopic (exact) mass is 144 g/mol. The number of carbonyl (C=O) groups is 2. The lowest BCUT2D eigenvalue weighted by atomic mass is 10.3. The number of ketones is 1. The van der Waals surface area contributed by atoms with Crippen LogP contribution in [0.5, 0.6) is 0 Å². The molecule has 56 valence electrons. The van der Waals surface area contributed by atoms with Gasteiger partial charge in [0.05, 0.1) is 6.61 Å². The van der Waals surface area contributed by atoms with Crippen LogP contribution in [0, 0.1) is 0 Å². The quantitative estimate of drug-likeness (QED) is 0.293. The van der Waals surface area contributed by atoms with Crippen LogP contribution in [0.25, 0.3) is 0 Å². The third-order valence-corrected chi connectivity index (χ3v) is 0.875. The number of hydrogen-bond donors (Lipinski definition) is 1. The molecule has 10 heavy (non-hydrogen) atoms. The van der Waals surface area contributed by atoms with E-state index in [2.05, 4.69) is 4.74 Å². The number of esters is 1. The Bertz CT molecular complexity index is 174. The standard InChI is InChI=1S/C6H9NO3/c1-3-10-6(9)5(7)4(2)8/h7H,3H2,1-2H3/p+1. The van der Waals surface area contributed by atoms with Crippen LogP contribution in [0.1, 0.15) is 13.8 Å². The Morgan fingerprint density at radius 2 is 2.00 bits per heavy atom. The fourth-order valence-electron chi connectivity index (χ4n) is 0.353. The Hall–Kier alpha value is -1.19. The van der Waals surface area contributed by atoms with Crippen molar-refractivity contribution in [2.45, 2.75) is 13.8 Å². The first-order chi connectivity index (χ1) is 4.59. The zero-order valence-electron chi connectivity index (χ0n) is 6.01. The summed E-state index contributed by atoms with van der Waals surface area (Å²) in [6, 6.07) is 0. The molecule has 0 bridgehead atoms. The van der Waals surface area contributed by atoms with Crippen molar-refractivity contribution < 1.29 is 19.7 Å². The number of nitrogens with two attached hydrogens (primary N) is 1. The van der Waals surface area contributed by atoms with Crippen molar-refractivity contribution in [3.63, 3.8) is 0 Å². The van der Waals surface area contributed by atoms with E-state index in [1.165, 1.54) is 6.92 Å². The number of rotatable bonds is 3. The van der Waals surface area contributed by atoms with Gasteiger partial charge in [-0.1, -0.05) is 0 Å². The minimum absolute atomic E-state index is 0.229. The molecular weight excluding hydrogens is 134 g/mol. The van der Waals surface area contributed by atoms with Crippen LogP contribution >= 0.6 is 0 Å². The molecule has 0 unspecified atom stereocenters. The summed E-state index contributed by atoms with van der Waals surface area (Å²) in [6.45, 7) is 3.09. The Kier molecular flexibility index (Phi) is 3.32. The maximum atomic E-state index is 10.6. The lowest BCUT2D eigenvalue weighted by Gasteiger charge is -1.94. The molecular formula is C6H10NO3+. The third-order valence-electron chi connectivity index (χ3n) is 0.875. The maximum absolute atomic E-state index is 10.6. The predicted molar refractivity (Wildman–Crippen MR) is 34.2 cm³/mol. The number of ether oxygens (including phenoxy) is 1. The van der Waals surface area contributed by atoms with Gasteiger partial charge in [-0.05, 0) is 6.92 Å². The van der Waals surface area contributed by atoms with Crippen LogP contribution in [0.4, 0.5) is 0 Å². The predicted octanol–water partition coefficient (Wildman–Crippen LogP) is -1.66. The second kappa shape index (κ2) is 3.76. The minimum Gasteiger partial charge on any atom is -0.458 e. The van der Waals surface area contributed by atoms with E-state index in [0.29, 0.717) is 0 Å². The first-order valence-electron chi connectivity index (χ1n) is 2.90. The van der Waals surface area contributed by atoms with Crippen LogP contribution in [0.2, 0.25) is 0 Å². The van der Waals surface area contributed by atoms with Gasteiger partial charge in [-0.2, -0.15) is 0 Å². The molecule has 0 aliphatic rings. The Morgan fingerprint density at radius 1 is 1.50 bits per heavy atom. The summed E-state index contributed by atoms with van der Waals surface area (Å²) < 4.78 is 4.44. The molecule has 0 amide bonds. The molecule has 0 spiro atoms. The molecule has 0 radical (unpaired) electrons. The molecule has 0 saturated heterocycles. The average Bonchev–Trinajstić information content (AvgIpc) is 1.87. The van der Waals surface area contributed by atoms with Gasteiger partial charge in [-0.25, -0.2) is 10.2 Å². The first-order valence-corrected chi connectivity index (χ1v) is 2.90. The summed E-state index contributed by atoms with van der Waals surface area (Å²) in [4.78, 5) is 21.0. The van der Waals surface area contributed by atoms with Crippen molar-refractivity contribution in [2.75, 3.05) is 6.61 Å². The fourth-order valence-corrected chi connectivity index (χ4v) is 0.353. The molecule has 0 aliphatic carbocycles. The molecule has 0 fully saturated rings. The SMILES string of the molecule is CCOC(=O)C(=[NH2+])C(C)=O. The van der Waals surface area contributed by atoms with Gasteiger partial charge in [0.25, 0.3) is 0 Å².